The number of rotatable bonds is 4. The van der Waals surface area contributed by atoms with Gasteiger partial charge in [-0.1, -0.05) is 4.85 Å². The highest BCUT2D eigenvalue weighted by molar-refractivity contribution is 5.41. The Bertz CT molecular complexity index is 432. The molecule has 0 aliphatic carbocycles. The lowest BCUT2D eigenvalue weighted by Gasteiger charge is -2.08. The molecule has 0 fully saturated rings. The van der Waals surface area contributed by atoms with Gasteiger partial charge in [0.15, 0.2) is 5.75 Å². The number of benzene rings is 1. The predicted molar refractivity (Wildman–Crippen MR) is 56.6 cm³/mol. The minimum atomic E-state index is 0.577. The highest BCUT2D eigenvalue weighted by Crippen LogP contribution is 2.27. The van der Waals surface area contributed by atoms with Crippen molar-refractivity contribution in [3.63, 3.8) is 0 Å². The van der Waals surface area contributed by atoms with Crippen LogP contribution >= 0.6 is 0 Å². The molecule has 0 bridgehead atoms. The van der Waals surface area contributed by atoms with Crippen LogP contribution in [0, 0.1) is 6.20 Å². The molecule has 1 radical (unpaired) electrons. The van der Waals surface area contributed by atoms with Gasteiger partial charge in [-0.15, -0.1) is 5.10 Å². The van der Waals surface area contributed by atoms with E-state index in [4.69, 9.17) is 14.3 Å². The Morgan fingerprint density at radius 2 is 1.69 bits per heavy atom. The molecular weight excluding hydrogens is 208 g/mol. The van der Waals surface area contributed by atoms with Gasteiger partial charge in [-0.25, -0.2) is 0 Å². The average molecular weight is 219 g/mol. The van der Waals surface area contributed by atoms with Crippen molar-refractivity contribution in [2.24, 2.45) is 0 Å². The lowest BCUT2D eigenvalue weighted by molar-refractivity contribution is 0.177. The highest BCUT2D eigenvalue weighted by atomic mass is 16.7. The molecule has 1 aromatic carbocycles. The summed E-state index contributed by atoms with van der Waals surface area (Å²) in [6, 6.07) is 6.90. The zero-order chi connectivity index (χ0) is 11.4. The van der Waals surface area contributed by atoms with E-state index in [1.165, 1.54) is 4.85 Å². The van der Waals surface area contributed by atoms with E-state index in [1.807, 2.05) is 0 Å². The van der Waals surface area contributed by atoms with Crippen LogP contribution in [0.25, 0.3) is 0 Å². The second kappa shape index (κ2) is 4.57. The van der Waals surface area contributed by atoms with Crippen LogP contribution in [0.5, 0.6) is 17.2 Å². The Morgan fingerprint density at radius 3 is 2.19 bits per heavy atom. The molecule has 2 rings (SSSR count). The number of methoxy groups -OCH3 is 2. The summed E-state index contributed by atoms with van der Waals surface area (Å²) in [5.74, 6) is 1.89. The maximum absolute atomic E-state index is 5.42. The van der Waals surface area contributed by atoms with E-state index in [0.717, 1.165) is 0 Å². The fourth-order valence-corrected chi connectivity index (χ4v) is 1.21. The van der Waals surface area contributed by atoms with Crippen molar-refractivity contribution in [2.45, 2.75) is 0 Å². The lowest BCUT2D eigenvalue weighted by Crippen LogP contribution is -2.05. The second-order valence-electron chi connectivity index (χ2n) is 2.99. The molecule has 1 heterocycles. The van der Waals surface area contributed by atoms with E-state index in [9.17, 15) is 0 Å². The fraction of sp³-hybridized carbons (Fsp3) is 0.182. The SMILES string of the molecule is COc1cc(OC)cc(On2cc[c]n2)c1. The van der Waals surface area contributed by atoms with Gasteiger partial charge in [0.2, 0.25) is 0 Å². The molecule has 5 heteroatoms. The second-order valence-corrected chi connectivity index (χ2v) is 2.99. The van der Waals surface area contributed by atoms with Gasteiger partial charge in [0.25, 0.3) is 0 Å². The minimum absolute atomic E-state index is 0.577. The van der Waals surface area contributed by atoms with Crippen LogP contribution in [0.2, 0.25) is 0 Å². The van der Waals surface area contributed by atoms with Crippen molar-refractivity contribution in [3.8, 4) is 17.2 Å². The normalized spacial score (nSPS) is 9.88. The zero-order valence-electron chi connectivity index (χ0n) is 9.01. The summed E-state index contributed by atoms with van der Waals surface area (Å²) in [6.45, 7) is 0. The van der Waals surface area contributed by atoms with Gasteiger partial charge in [0.1, 0.15) is 17.7 Å². The van der Waals surface area contributed by atoms with Crippen LogP contribution in [-0.2, 0) is 0 Å². The summed E-state index contributed by atoms with van der Waals surface area (Å²) < 4.78 is 10.2. The summed E-state index contributed by atoms with van der Waals surface area (Å²) in [5.41, 5.74) is 0. The fourth-order valence-electron chi connectivity index (χ4n) is 1.21. The third-order valence-electron chi connectivity index (χ3n) is 1.96. The first-order valence-corrected chi connectivity index (χ1v) is 4.65. The van der Waals surface area contributed by atoms with Crippen molar-refractivity contribution in [3.05, 3.63) is 36.7 Å². The van der Waals surface area contributed by atoms with Crippen molar-refractivity contribution in [1.29, 1.82) is 0 Å². The molecule has 16 heavy (non-hydrogen) atoms. The Hall–Kier alpha value is -2.17. The first-order valence-electron chi connectivity index (χ1n) is 4.65. The van der Waals surface area contributed by atoms with E-state index < -0.39 is 0 Å². The Morgan fingerprint density at radius 1 is 1.06 bits per heavy atom. The number of hydrogen-bond acceptors (Lipinski definition) is 4. The van der Waals surface area contributed by atoms with Crippen LogP contribution in [0.4, 0.5) is 0 Å². The predicted octanol–water partition coefficient (Wildman–Crippen LogP) is 1.54. The molecule has 1 aromatic heterocycles. The van der Waals surface area contributed by atoms with Gasteiger partial charge in [0, 0.05) is 18.2 Å². The van der Waals surface area contributed by atoms with Gasteiger partial charge in [-0.2, -0.15) is 0 Å². The molecule has 0 spiro atoms. The molecule has 2 aromatic rings. The van der Waals surface area contributed by atoms with E-state index in [2.05, 4.69) is 11.3 Å². The molecule has 0 N–H and O–H groups in total. The van der Waals surface area contributed by atoms with Gasteiger partial charge >= 0.3 is 0 Å². The third-order valence-corrected chi connectivity index (χ3v) is 1.96. The molecule has 0 atom stereocenters. The first kappa shape index (κ1) is 10.4. The number of aromatic nitrogens is 2. The zero-order valence-corrected chi connectivity index (χ0v) is 9.01. The Kier molecular flexibility index (Phi) is 2.95. The Labute approximate surface area is 93.1 Å². The van der Waals surface area contributed by atoms with Crippen molar-refractivity contribution >= 4 is 0 Å². The van der Waals surface area contributed by atoms with Gasteiger partial charge in [-0.3, -0.25) is 0 Å². The first-order chi connectivity index (χ1) is 7.81. The van der Waals surface area contributed by atoms with Crippen molar-refractivity contribution in [2.75, 3.05) is 14.2 Å². The van der Waals surface area contributed by atoms with Crippen molar-refractivity contribution in [1.82, 2.24) is 9.94 Å². The molecule has 0 saturated carbocycles. The van der Waals surface area contributed by atoms with Crippen LogP contribution in [0.3, 0.4) is 0 Å². The highest BCUT2D eigenvalue weighted by Gasteiger charge is 2.03. The van der Waals surface area contributed by atoms with E-state index in [1.54, 1.807) is 44.7 Å². The van der Waals surface area contributed by atoms with E-state index >= 15 is 0 Å². The monoisotopic (exact) mass is 219 g/mol. The Balaban J connectivity index is 2.26. The molecule has 0 unspecified atom stereocenters. The number of nitrogens with zero attached hydrogens (tertiary/aromatic N) is 2. The average Bonchev–Trinajstić information content (AvgIpc) is 2.81. The number of hydrogen-bond donors (Lipinski definition) is 0. The molecule has 5 nitrogen and oxygen atoms in total. The van der Waals surface area contributed by atoms with E-state index in [-0.39, 0.29) is 0 Å². The summed E-state index contributed by atoms with van der Waals surface area (Å²) >= 11 is 0. The lowest BCUT2D eigenvalue weighted by atomic mass is 10.3. The van der Waals surface area contributed by atoms with Crippen molar-refractivity contribution < 1.29 is 14.3 Å². The topological polar surface area (TPSA) is 45.5 Å². The van der Waals surface area contributed by atoms with Crippen LogP contribution in [-0.4, -0.2) is 24.2 Å². The molecule has 0 aliphatic rings. The maximum Gasteiger partial charge on any atom is 0.165 e. The third kappa shape index (κ3) is 2.25. The summed E-state index contributed by atoms with van der Waals surface area (Å²) in [7, 11) is 3.17. The molecule has 0 saturated heterocycles. The van der Waals surface area contributed by atoms with Gasteiger partial charge in [-0.05, 0) is 6.07 Å². The molecule has 0 aliphatic heterocycles. The number of ether oxygens (including phenoxy) is 2. The largest absolute Gasteiger partial charge is 0.496 e. The quantitative estimate of drug-likeness (QED) is 0.782. The maximum atomic E-state index is 5.42. The van der Waals surface area contributed by atoms with Gasteiger partial charge < -0.3 is 14.3 Å². The van der Waals surface area contributed by atoms with Crippen LogP contribution < -0.4 is 14.3 Å². The smallest absolute Gasteiger partial charge is 0.165 e. The molecule has 0 amide bonds. The molecular formula is C11H11N2O3. The minimum Gasteiger partial charge on any atom is -0.496 e. The molecule has 83 valence electrons. The summed E-state index contributed by atoms with van der Waals surface area (Å²) in [5, 5.41) is 3.81. The summed E-state index contributed by atoms with van der Waals surface area (Å²) in [4.78, 5) is 6.72. The van der Waals surface area contributed by atoms with E-state index in [0.29, 0.717) is 17.2 Å². The summed E-state index contributed by atoms with van der Waals surface area (Å²) in [6.07, 6.45) is 4.28. The van der Waals surface area contributed by atoms with Crippen LogP contribution in [0.15, 0.2) is 30.5 Å². The standard InChI is InChI=1S/C11H11N2O3/c1-14-9-6-10(15-2)8-11(7-9)16-13-5-3-4-12-13/h3,5-8H,1-2H3. The van der Waals surface area contributed by atoms with Gasteiger partial charge in [0.05, 0.1) is 20.4 Å². The van der Waals surface area contributed by atoms with Crippen LogP contribution in [0.1, 0.15) is 0 Å².